The average Bonchev–Trinajstić information content (AvgIpc) is 2.12. The number of hydrogen-bond acceptors (Lipinski definition) is 1. The van der Waals surface area contributed by atoms with Gasteiger partial charge in [-0.2, -0.15) is 0 Å². The van der Waals surface area contributed by atoms with Gasteiger partial charge in [0.05, 0.1) is 12.2 Å². The zero-order valence-corrected chi connectivity index (χ0v) is 6.76. The van der Waals surface area contributed by atoms with Crippen LogP contribution in [0.1, 0.15) is 11.1 Å². The van der Waals surface area contributed by atoms with Crippen molar-refractivity contribution in [3.8, 4) is 0 Å². The summed E-state index contributed by atoms with van der Waals surface area (Å²) in [5.41, 5.74) is 2.61. The second-order valence-corrected chi connectivity index (χ2v) is 2.94. The Bertz CT molecular complexity index is 319. The Morgan fingerprint density at radius 1 is 1.33 bits per heavy atom. The van der Waals surface area contributed by atoms with Gasteiger partial charge in [0.25, 0.3) is 0 Å². The number of rotatable bonds is 0. The van der Waals surface area contributed by atoms with Crippen molar-refractivity contribution in [1.29, 1.82) is 0 Å². The van der Waals surface area contributed by atoms with Crippen LogP contribution in [0.3, 0.4) is 0 Å². The number of halogens is 1. The molecule has 1 nitrogen and oxygen atoms in total. The highest BCUT2D eigenvalue weighted by molar-refractivity contribution is 5.65. The lowest BCUT2D eigenvalue weighted by molar-refractivity contribution is 0.103. The smallest absolute Gasteiger partial charge is 0.0691 e. The number of hydrogen-bond donors (Lipinski definition) is 0. The Kier molecular flexibility index (Phi) is 1.61. The normalized spacial score (nSPS) is 16.1. The van der Waals surface area contributed by atoms with Crippen LogP contribution in [0.2, 0.25) is 0 Å². The Morgan fingerprint density at radius 3 is 2.92 bits per heavy atom. The zero-order chi connectivity index (χ0) is 8.55. The van der Waals surface area contributed by atoms with Crippen LogP contribution in [0, 0.1) is 0 Å². The number of benzene rings is 1. The van der Waals surface area contributed by atoms with Gasteiger partial charge in [-0.15, -0.1) is 0 Å². The van der Waals surface area contributed by atoms with Crippen LogP contribution >= 0.6 is 0 Å². The topological polar surface area (TPSA) is 3.24 Å². The highest BCUT2D eigenvalue weighted by Gasteiger charge is 2.17. The molecular formula is C10H10FN. The predicted octanol–water partition coefficient (Wildman–Crippen LogP) is 2.40. The van der Waals surface area contributed by atoms with E-state index in [0.717, 1.165) is 12.0 Å². The first-order valence-electron chi connectivity index (χ1n) is 3.99. The third-order valence-corrected chi connectivity index (χ3v) is 2.20. The molecule has 0 radical (unpaired) electrons. The first kappa shape index (κ1) is 7.35. The van der Waals surface area contributed by atoms with Crippen LogP contribution in [0.4, 0.5) is 4.48 Å². The van der Waals surface area contributed by atoms with E-state index in [1.54, 1.807) is 0 Å². The van der Waals surface area contributed by atoms with E-state index in [0.29, 0.717) is 17.4 Å². The summed E-state index contributed by atoms with van der Waals surface area (Å²) in [5.74, 6) is 0. The van der Waals surface area contributed by atoms with E-state index in [1.807, 2.05) is 24.3 Å². The Labute approximate surface area is 71.1 Å². The molecule has 1 aromatic carbocycles. The maximum Gasteiger partial charge on any atom is 0.0691 e. The highest BCUT2D eigenvalue weighted by Crippen LogP contribution is 2.26. The molecule has 1 aliphatic heterocycles. The van der Waals surface area contributed by atoms with Crippen molar-refractivity contribution in [1.82, 2.24) is 5.12 Å². The molecule has 0 N–H and O–H groups in total. The quantitative estimate of drug-likeness (QED) is 0.531. The van der Waals surface area contributed by atoms with Gasteiger partial charge in [0.2, 0.25) is 0 Å². The van der Waals surface area contributed by atoms with Crippen LogP contribution in [-0.2, 0) is 6.42 Å². The van der Waals surface area contributed by atoms with Crippen LogP contribution in [0.15, 0.2) is 30.8 Å². The van der Waals surface area contributed by atoms with Crippen LogP contribution in [-0.4, -0.2) is 11.7 Å². The van der Waals surface area contributed by atoms with Gasteiger partial charge in [-0.25, -0.2) is 5.12 Å². The molecule has 1 heterocycles. The van der Waals surface area contributed by atoms with E-state index in [2.05, 4.69) is 6.58 Å². The Balaban J connectivity index is 2.49. The molecule has 1 aliphatic rings. The van der Waals surface area contributed by atoms with Gasteiger partial charge >= 0.3 is 0 Å². The van der Waals surface area contributed by atoms with Crippen molar-refractivity contribution < 1.29 is 4.48 Å². The molecule has 62 valence electrons. The van der Waals surface area contributed by atoms with E-state index >= 15 is 0 Å². The summed E-state index contributed by atoms with van der Waals surface area (Å²) < 4.78 is 13.0. The summed E-state index contributed by atoms with van der Waals surface area (Å²) in [7, 11) is 0. The lowest BCUT2D eigenvalue weighted by Gasteiger charge is -2.24. The summed E-state index contributed by atoms with van der Waals surface area (Å²) in [4.78, 5) is 0. The van der Waals surface area contributed by atoms with Gasteiger partial charge in [0.1, 0.15) is 0 Å². The fourth-order valence-electron chi connectivity index (χ4n) is 1.50. The lowest BCUT2D eigenvalue weighted by atomic mass is 9.99. The molecule has 0 fully saturated rings. The number of fused-ring (bicyclic) bond motifs is 1. The maximum atomic E-state index is 13.0. The van der Waals surface area contributed by atoms with Gasteiger partial charge in [-0.1, -0.05) is 35.3 Å². The molecule has 0 amide bonds. The Hall–Kier alpha value is -1.31. The standard InChI is InChI=1S/C10H10FN/c1-8-10-5-3-2-4-9(10)6-7-12(8)11/h2-5H,1,6-7H2. The van der Waals surface area contributed by atoms with Crippen LogP contribution < -0.4 is 0 Å². The fourth-order valence-corrected chi connectivity index (χ4v) is 1.50. The number of nitrogens with zero attached hydrogens (tertiary/aromatic N) is 1. The molecule has 0 spiro atoms. The molecule has 2 rings (SSSR count). The van der Waals surface area contributed by atoms with Gasteiger partial charge in [0.15, 0.2) is 0 Å². The minimum Gasteiger partial charge on any atom is -0.211 e. The molecule has 0 unspecified atom stereocenters. The maximum absolute atomic E-state index is 13.0. The first-order valence-corrected chi connectivity index (χ1v) is 3.99. The van der Waals surface area contributed by atoms with Crippen molar-refractivity contribution in [2.75, 3.05) is 6.54 Å². The van der Waals surface area contributed by atoms with Crippen molar-refractivity contribution in [3.05, 3.63) is 42.0 Å². The third-order valence-electron chi connectivity index (χ3n) is 2.20. The second kappa shape index (κ2) is 2.63. The Morgan fingerprint density at radius 2 is 2.08 bits per heavy atom. The van der Waals surface area contributed by atoms with Gasteiger partial charge in [0, 0.05) is 5.56 Å². The van der Waals surface area contributed by atoms with E-state index in [-0.39, 0.29) is 0 Å². The van der Waals surface area contributed by atoms with E-state index in [9.17, 15) is 4.48 Å². The largest absolute Gasteiger partial charge is 0.211 e. The predicted molar refractivity (Wildman–Crippen MR) is 47.0 cm³/mol. The minimum absolute atomic E-state index is 0.426. The summed E-state index contributed by atoms with van der Waals surface area (Å²) in [5, 5.41) is 0.711. The molecule has 12 heavy (non-hydrogen) atoms. The molecule has 0 aromatic heterocycles. The fraction of sp³-hybridized carbons (Fsp3) is 0.200. The van der Waals surface area contributed by atoms with Crippen molar-refractivity contribution >= 4 is 5.70 Å². The summed E-state index contributed by atoms with van der Waals surface area (Å²) in [6, 6.07) is 7.81. The van der Waals surface area contributed by atoms with Crippen LogP contribution in [0.25, 0.3) is 5.70 Å². The van der Waals surface area contributed by atoms with Gasteiger partial charge in [-0.3, -0.25) is 0 Å². The SMILES string of the molecule is C=C1c2ccccc2CCN1F. The molecule has 0 aliphatic carbocycles. The molecule has 2 heteroatoms. The molecule has 1 aromatic rings. The molecule has 0 saturated heterocycles. The highest BCUT2D eigenvalue weighted by atomic mass is 19.2. The molecule has 0 saturated carbocycles. The van der Waals surface area contributed by atoms with E-state index in [1.165, 1.54) is 5.56 Å². The van der Waals surface area contributed by atoms with Crippen molar-refractivity contribution in [2.45, 2.75) is 6.42 Å². The third kappa shape index (κ3) is 0.998. The van der Waals surface area contributed by atoms with Crippen molar-refractivity contribution in [3.63, 3.8) is 0 Å². The second-order valence-electron chi connectivity index (χ2n) is 2.94. The summed E-state index contributed by atoms with van der Waals surface area (Å²) >= 11 is 0. The van der Waals surface area contributed by atoms with E-state index in [4.69, 9.17) is 0 Å². The summed E-state index contributed by atoms with van der Waals surface area (Å²) in [6.45, 7) is 4.11. The average molecular weight is 163 g/mol. The first-order chi connectivity index (χ1) is 5.79. The van der Waals surface area contributed by atoms with Gasteiger partial charge < -0.3 is 0 Å². The molecule has 0 atom stereocenters. The zero-order valence-electron chi connectivity index (χ0n) is 6.76. The molecule has 0 bridgehead atoms. The van der Waals surface area contributed by atoms with Gasteiger partial charge in [-0.05, 0) is 12.0 Å². The van der Waals surface area contributed by atoms with E-state index < -0.39 is 0 Å². The lowest BCUT2D eigenvalue weighted by Crippen LogP contribution is -2.21. The van der Waals surface area contributed by atoms with Crippen LogP contribution in [0.5, 0.6) is 0 Å². The van der Waals surface area contributed by atoms with Crippen molar-refractivity contribution in [2.24, 2.45) is 0 Å². The minimum atomic E-state index is 0.426. The monoisotopic (exact) mass is 163 g/mol. The molecular weight excluding hydrogens is 153 g/mol. The summed E-state index contributed by atoms with van der Waals surface area (Å²) in [6.07, 6.45) is 0.770.